The van der Waals surface area contributed by atoms with E-state index >= 15 is 0 Å². The lowest BCUT2D eigenvalue weighted by molar-refractivity contribution is 0.0288. The van der Waals surface area contributed by atoms with Crippen LogP contribution in [0.3, 0.4) is 0 Å². The number of carbonyl (C=O) groups excluding carboxylic acids is 1. The van der Waals surface area contributed by atoms with E-state index in [-0.39, 0.29) is 9.81 Å². The zero-order valence-electron chi connectivity index (χ0n) is 10.8. The van der Waals surface area contributed by atoms with Crippen LogP contribution in [-0.2, 0) is 14.6 Å². The molecule has 2 amide bonds. The predicted molar refractivity (Wildman–Crippen MR) is 64.9 cm³/mol. The highest BCUT2D eigenvalue weighted by Gasteiger charge is 2.29. The summed E-state index contributed by atoms with van der Waals surface area (Å²) in [5.41, 5.74) is -0.878. The average molecular weight is 279 g/mol. The van der Waals surface area contributed by atoms with Crippen LogP contribution in [0.2, 0.25) is 0 Å². The van der Waals surface area contributed by atoms with Crippen molar-refractivity contribution in [3.63, 3.8) is 0 Å². The molecule has 0 bridgehead atoms. The summed E-state index contributed by atoms with van der Waals surface area (Å²) in [7, 11) is -3.62. The molecule has 0 saturated carbocycles. The third kappa shape index (κ3) is 5.67. The summed E-state index contributed by atoms with van der Waals surface area (Å²) in [5, 5.41) is 8.84. The number of sulfone groups is 1. The smallest absolute Gasteiger partial charge is 0.420 e. The molecule has 0 fully saturated rings. The van der Waals surface area contributed by atoms with Gasteiger partial charge in [-0.25, -0.2) is 22.9 Å². The van der Waals surface area contributed by atoms with Gasteiger partial charge in [0.05, 0.1) is 11.4 Å². The second-order valence-electron chi connectivity index (χ2n) is 4.66. The SMILES string of the molecule is C=C(CN(C(=O)O)C(=O)OC(C)(C)C)S(C)(=O)=O. The van der Waals surface area contributed by atoms with E-state index in [4.69, 9.17) is 9.84 Å². The topological polar surface area (TPSA) is 101 Å². The van der Waals surface area contributed by atoms with E-state index in [1.54, 1.807) is 20.8 Å². The maximum Gasteiger partial charge on any atom is 0.420 e. The Morgan fingerprint density at radius 2 is 1.78 bits per heavy atom. The van der Waals surface area contributed by atoms with Gasteiger partial charge in [0.1, 0.15) is 5.60 Å². The first-order chi connectivity index (χ1) is 7.84. The molecular weight excluding hydrogens is 262 g/mol. The molecule has 8 heteroatoms. The number of amides is 2. The molecule has 0 aromatic rings. The summed E-state index contributed by atoms with van der Waals surface area (Å²) in [6.45, 7) is 7.27. The van der Waals surface area contributed by atoms with Gasteiger partial charge in [0.2, 0.25) is 0 Å². The average Bonchev–Trinajstić information content (AvgIpc) is 2.07. The number of rotatable bonds is 3. The van der Waals surface area contributed by atoms with Crippen LogP contribution in [-0.4, -0.2) is 49.0 Å². The molecule has 0 aliphatic heterocycles. The van der Waals surface area contributed by atoms with Crippen LogP contribution in [0.5, 0.6) is 0 Å². The van der Waals surface area contributed by atoms with Gasteiger partial charge in [-0.3, -0.25) is 0 Å². The maximum atomic E-state index is 11.5. The quantitative estimate of drug-likeness (QED) is 0.839. The molecule has 0 unspecified atom stereocenters. The molecule has 0 heterocycles. The van der Waals surface area contributed by atoms with E-state index in [9.17, 15) is 18.0 Å². The Hall–Kier alpha value is -1.57. The molecule has 0 radical (unpaired) electrons. The van der Waals surface area contributed by atoms with E-state index < -0.39 is 34.2 Å². The van der Waals surface area contributed by atoms with E-state index in [1.807, 2.05) is 0 Å². The van der Waals surface area contributed by atoms with Gasteiger partial charge in [-0.15, -0.1) is 0 Å². The lowest BCUT2D eigenvalue weighted by Crippen LogP contribution is -2.41. The van der Waals surface area contributed by atoms with Crippen molar-refractivity contribution in [1.82, 2.24) is 4.90 Å². The van der Waals surface area contributed by atoms with E-state index in [1.165, 1.54) is 0 Å². The van der Waals surface area contributed by atoms with Crippen molar-refractivity contribution in [2.45, 2.75) is 26.4 Å². The third-order valence-corrected chi connectivity index (χ3v) is 2.88. The molecule has 0 aliphatic carbocycles. The van der Waals surface area contributed by atoms with Gasteiger partial charge in [0.15, 0.2) is 9.84 Å². The Bertz CT molecular complexity index is 459. The van der Waals surface area contributed by atoms with Gasteiger partial charge in [-0.2, -0.15) is 0 Å². The van der Waals surface area contributed by atoms with Crippen molar-refractivity contribution >= 4 is 22.0 Å². The zero-order valence-corrected chi connectivity index (χ0v) is 11.6. The highest BCUT2D eigenvalue weighted by Crippen LogP contribution is 2.12. The summed E-state index contributed by atoms with van der Waals surface area (Å²) >= 11 is 0. The largest absolute Gasteiger partial charge is 0.465 e. The van der Waals surface area contributed by atoms with Crippen LogP contribution in [0.1, 0.15) is 20.8 Å². The van der Waals surface area contributed by atoms with Gasteiger partial charge in [-0.1, -0.05) is 6.58 Å². The van der Waals surface area contributed by atoms with Gasteiger partial charge >= 0.3 is 12.2 Å². The third-order valence-electron chi connectivity index (χ3n) is 1.70. The number of hydrogen-bond donors (Lipinski definition) is 1. The minimum atomic E-state index is -3.62. The summed E-state index contributed by atoms with van der Waals surface area (Å²) in [6, 6.07) is 0. The molecule has 0 saturated heterocycles. The first-order valence-electron chi connectivity index (χ1n) is 4.96. The summed E-state index contributed by atoms with van der Waals surface area (Å²) < 4.78 is 27.1. The Balaban J connectivity index is 4.96. The van der Waals surface area contributed by atoms with Crippen LogP contribution in [0, 0.1) is 0 Å². The van der Waals surface area contributed by atoms with Crippen LogP contribution >= 0.6 is 0 Å². The summed E-state index contributed by atoms with van der Waals surface area (Å²) in [6.07, 6.45) is -1.86. The van der Waals surface area contributed by atoms with Gasteiger partial charge in [0, 0.05) is 6.26 Å². The van der Waals surface area contributed by atoms with Crippen molar-refractivity contribution in [2.75, 3.05) is 12.8 Å². The molecule has 0 rings (SSSR count). The van der Waals surface area contributed by atoms with Crippen molar-refractivity contribution < 1.29 is 27.9 Å². The van der Waals surface area contributed by atoms with E-state index in [0.29, 0.717) is 0 Å². The fraction of sp³-hybridized carbons (Fsp3) is 0.600. The van der Waals surface area contributed by atoms with Crippen molar-refractivity contribution in [3.8, 4) is 0 Å². The Morgan fingerprint density at radius 3 is 2.06 bits per heavy atom. The second kappa shape index (κ2) is 5.38. The summed E-state index contributed by atoms with van der Waals surface area (Å²) in [4.78, 5) is 22.3. The highest BCUT2D eigenvalue weighted by atomic mass is 32.2. The van der Waals surface area contributed by atoms with Crippen LogP contribution in [0.25, 0.3) is 0 Å². The van der Waals surface area contributed by atoms with Gasteiger partial charge in [-0.05, 0) is 20.8 Å². The molecule has 1 N–H and O–H groups in total. The normalized spacial score (nSPS) is 11.8. The summed E-state index contributed by atoms with van der Waals surface area (Å²) in [5.74, 6) is 0. The number of carboxylic acid groups (broad SMARTS) is 1. The predicted octanol–water partition coefficient (Wildman–Crippen LogP) is 1.46. The van der Waals surface area contributed by atoms with Crippen molar-refractivity contribution in [2.24, 2.45) is 0 Å². The minimum absolute atomic E-state index is 0.259. The van der Waals surface area contributed by atoms with E-state index in [0.717, 1.165) is 6.26 Å². The maximum absolute atomic E-state index is 11.5. The monoisotopic (exact) mass is 279 g/mol. The molecule has 18 heavy (non-hydrogen) atoms. The lowest BCUT2D eigenvalue weighted by atomic mass is 10.2. The number of ether oxygens (including phenoxy) is 1. The second-order valence-corrected chi connectivity index (χ2v) is 6.78. The van der Waals surface area contributed by atoms with Gasteiger partial charge in [0.25, 0.3) is 0 Å². The fourth-order valence-corrected chi connectivity index (χ4v) is 1.18. The number of carbonyl (C=O) groups is 2. The zero-order chi connectivity index (χ0) is 14.7. The molecule has 0 aliphatic rings. The fourth-order valence-electron chi connectivity index (χ4n) is 0.821. The number of nitrogens with zero attached hydrogens (tertiary/aromatic N) is 1. The Kier molecular flexibility index (Phi) is 4.91. The molecule has 0 spiro atoms. The highest BCUT2D eigenvalue weighted by molar-refractivity contribution is 7.94. The minimum Gasteiger partial charge on any atom is -0.465 e. The van der Waals surface area contributed by atoms with Crippen LogP contribution in [0.15, 0.2) is 11.5 Å². The van der Waals surface area contributed by atoms with Gasteiger partial charge < -0.3 is 9.84 Å². The van der Waals surface area contributed by atoms with Crippen LogP contribution in [0.4, 0.5) is 9.59 Å². The number of imide groups is 1. The molecule has 7 nitrogen and oxygen atoms in total. The first kappa shape index (κ1) is 16.4. The lowest BCUT2D eigenvalue weighted by Gasteiger charge is -2.24. The molecule has 0 atom stereocenters. The van der Waals surface area contributed by atoms with E-state index in [2.05, 4.69) is 6.58 Å². The molecule has 0 aromatic heterocycles. The standard InChI is InChI=1S/C10H17NO6S/c1-7(18(5,15)16)6-11(8(12)13)9(14)17-10(2,3)4/h1,6H2,2-5H3,(H,12,13). The number of hydrogen-bond acceptors (Lipinski definition) is 5. The Morgan fingerprint density at radius 1 is 1.33 bits per heavy atom. The van der Waals surface area contributed by atoms with Crippen molar-refractivity contribution in [1.29, 1.82) is 0 Å². The first-order valence-corrected chi connectivity index (χ1v) is 6.85. The van der Waals surface area contributed by atoms with Crippen molar-refractivity contribution in [3.05, 3.63) is 11.5 Å². The Labute approximate surface area is 106 Å². The molecule has 0 aromatic carbocycles. The molecule has 104 valence electrons. The van der Waals surface area contributed by atoms with Crippen LogP contribution < -0.4 is 0 Å². The molecular formula is C10H17NO6S.